The lowest BCUT2D eigenvalue weighted by molar-refractivity contribution is -0.143. The minimum Gasteiger partial charge on any atom is -0.468 e. The second kappa shape index (κ2) is 12.9. The lowest BCUT2D eigenvalue weighted by Crippen LogP contribution is -2.53. The summed E-state index contributed by atoms with van der Waals surface area (Å²) in [5.74, 6) is -1.66. The molecular weight excluding hydrogens is 474 g/mol. The Morgan fingerprint density at radius 2 is 1.62 bits per heavy atom. The number of rotatable bonds is 9. The molecule has 0 spiro atoms. The monoisotopic (exact) mass is 511 g/mol. The van der Waals surface area contributed by atoms with Crippen LogP contribution in [0.15, 0.2) is 48.5 Å². The SMILES string of the molecule is COC(=O)CNC(=O)C(c1cccc(C)c1C)N(C)C(=O)C(Cc1ccccc1)NC(=O)OC(C)(C)C. The van der Waals surface area contributed by atoms with Crippen molar-refractivity contribution < 1.29 is 28.7 Å². The number of aryl methyl sites for hydroxylation is 1. The summed E-state index contributed by atoms with van der Waals surface area (Å²) in [6.07, 6.45) is -0.555. The number of carbonyl (C=O) groups excluding carboxylic acids is 4. The lowest BCUT2D eigenvalue weighted by atomic mass is 9.95. The molecule has 0 aliphatic carbocycles. The fraction of sp³-hybridized carbons (Fsp3) is 0.429. The Labute approximate surface area is 218 Å². The van der Waals surface area contributed by atoms with Gasteiger partial charge in [0.25, 0.3) is 0 Å². The van der Waals surface area contributed by atoms with Crippen LogP contribution in [0.1, 0.15) is 49.1 Å². The van der Waals surface area contributed by atoms with Gasteiger partial charge in [0.05, 0.1) is 7.11 Å². The Kier molecular flexibility index (Phi) is 10.2. The molecule has 200 valence electrons. The van der Waals surface area contributed by atoms with Crippen LogP contribution in [0, 0.1) is 13.8 Å². The maximum absolute atomic E-state index is 13.8. The molecule has 2 aromatic carbocycles. The van der Waals surface area contributed by atoms with Gasteiger partial charge in [0.2, 0.25) is 11.8 Å². The molecule has 2 unspecified atom stereocenters. The van der Waals surface area contributed by atoms with Gasteiger partial charge in [0.1, 0.15) is 24.2 Å². The molecule has 0 saturated carbocycles. The van der Waals surface area contributed by atoms with Crippen LogP contribution in [0.3, 0.4) is 0 Å². The molecule has 2 rings (SSSR count). The number of esters is 1. The summed E-state index contributed by atoms with van der Waals surface area (Å²) in [4.78, 5) is 52.8. The van der Waals surface area contributed by atoms with Crippen molar-refractivity contribution in [1.29, 1.82) is 0 Å². The normalized spacial score (nSPS) is 12.6. The summed E-state index contributed by atoms with van der Waals surface area (Å²) in [6, 6.07) is 12.6. The van der Waals surface area contributed by atoms with E-state index >= 15 is 0 Å². The van der Waals surface area contributed by atoms with Crippen LogP contribution in [0.4, 0.5) is 4.79 Å². The molecule has 0 heterocycles. The number of methoxy groups -OCH3 is 1. The molecule has 0 fully saturated rings. The van der Waals surface area contributed by atoms with Crippen LogP contribution in [0.2, 0.25) is 0 Å². The predicted octanol–water partition coefficient (Wildman–Crippen LogP) is 3.23. The van der Waals surface area contributed by atoms with E-state index in [0.29, 0.717) is 5.56 Å². The Bertz CT molecular complexity index is 1110. The van der Waals surface area contributed by atoms with Crippen LogP contribution in [-0.2, 0) is 30.3 Å². The first-order chi connectivity index (χ1) is 17.3. The zero-order chi connectivity index (χ0) is 27.8. The maximum atomic E-state index is 13.8. The van der Waals surface area contributed by atoms with E-state index in [1.807, 2.05) is 50.2 Å². The van der Waals surface area contributed by atoms with Gasteiger partial charge in [0, 0.05) is 13.5 Å². The van der Waals surface area contributed by atoms with Crippen LogP contribution in [-0.4, -0.2) is 61.1 Å². The molecule has 2 aromatic rings. The number of amides is 3. The minimum absolute atomic E-state index is 0.187. The molecule has 2 N–H and O–H groups in total. The Hall–Kier alpha value is -3.88. The number of carbonyl (C=O) groups is 4. The van der Waals surface area contributed by atoms with E-state index in [-0.39, 0.29) is 13.0 Å². The summed E-state index contributed by atoms with van der Waals surface area (Å²) in [7, 11) is 2.73. The number of alkyl carbamates (subject to hydrolysis) is 1. The number of hydrogen-bond acceptors (Lipinski definition) is 6. The third-order valence-electron chi connectivity index (χ3n) is 5.83. The summed E-state index contributed by atoms with van der Waals surface area (Å²) in [5, 5.41) is 5.23. The third kappa shape index (κ3) is 8.63. The van der Waals surface area contributed by atoms with E-state index in [1.165, 1.54) is 19.1 Å². The molecule has 37 heavy (non-hydrogen) atoms. The standard InChI is InChI=1S/C28H37N3O6/c1-18-12-11-15-21(19(18)2)24(25(33)29-17-23(32)36-7)31(6)26(34)22(16-20-13-9-8-10-14-20)30-27(35)37-28(3,4)5/h8-15,22,24H,16-17H2,1-7H3,(H,29,33)(H,30,35). The van der Waals surface area contributed by atoms with Gasteiger partial charge in [-0.15, -0.1) is 0 Å². The second-order valence-corrected chi connectivity index (χ2v) is 9.82. The molecule has 0 aliphatic rings. The van der Waals surface area contributed by atoms with Crippen LogP contribution >= 0.6 is 0 Å². The minimum atomic E-state index is -1.06. The smallest absolute Gasteiger partial charge is 0.408 e. The molecule has 0 radical (unpaired) electrons. The van der Waals surface area contributed by atoms with Gasteiger partial charge in [-0.25, -0.2) is 4.79 Å². The molecule has 0 aliphatic heterocycles. The second-order valence-electron chi connectivity index (χ2n) is 9.82. The van der Waals surface area contributed by atoms with Crippen LogP contribution in [0.5, 0.6) is 0 Å². The highest BCUT2D eigenvalue weighted by atomic mass is 16.6. The quantitative estimate of drug-likeness (QED) is 0.500. The van der Waals surface area contributed by atoms with Gasteiger partial charge in [-0.2, -0.15) is 0 Å². The number of likely N-dealkylation sites (N-methyl/N-ethyl adjacent to an activating group) is 1. The van der Waals surface area contributed by atoms with Crippen molar-refractivity contribution in [2.45, 2.75) is 58.7 Å². The zero-order valence-corrected chi connectivity index (χ0v) is 22.6. The van der Waals surface area contributed by atoms with Crippen LogP contribution < -0.4 is 10.6 Å². The van der Waals surface area contributed by atoms with Crippen LogP contribution in [0.25, 0.3) is 0 Å². The van der Waals surface area contributed by atoms with Crippen molar-refractivity contribution in [3.05, 3.63) is 70.8 Å². The molecule has 0 saturated heterocycles. The van der Waals surface area contributed by atoms with E-state index < -0.39 is 41.6 Å². The maximum Gasteiger partial charge on any atom is 0.408 e. The molecular formula is C28H37N3O6. The van der Waals surface area contributed by atoms with Gasteiger partial charge in [0.15, 0.2) is 0 Å². The summed E-state index contributed by atoms with van der Waals surface area (Å²) in [5.41, 5.74) is 2.44. The van der Waals surface area contributed by atoms with E-state index in [2.05, 4.69) is 15.4 Å². The van der Waals surface area contributed by atoms with Gasteiger partial charge in [-0.1, -0.05) is 48.5 Å². The first-order valence-corrected chi connectivity index (χ1v) is 12.0. The van der Waals surface area contributed by atoms with Gasteiger partial charge < -0.3 is 25.0 Å². The highest BCUT2D eigenvalue weighted by Crippen LogP contribution is 2.26. The highest BCUT2D eigenvalue weighted by molar-refractivity contribution is 5.93. The number of ether oxygens (including phenoxy) is 2. The fourth-order valence-corrected chi connectivity index (χ4v) is 3.80. The summed E-state index contributed by atoms with van der Waals surface area (Å²) < 4.78 is 10.0. The fourth-order valence-electron chi connectivity index (χ4n) is 3.80. The first-order valence-electron chi connectivity index (χ1n) is 12.0. The van der Waals surface area contributed by atoms with Crippen molar-refractivity contribution in [1.82, 2.24) is 15.5 Å². The highest BCUT2D eigenvalue weighted by Gasteiger charge is 2.35. The summed E-state index contributed by atoms with van der Waals surface area (Å²) >= 11 is 0. The molecule has 9 heteroatoms. The topological polar surface area (TPSA) is 114 Å². The van der Waals surface area contributed by atoms with E-state index in [0.717, 1.165) is 16.7 Å². The number of hydrogen-bond donors (Lipinski definition) is 2. The molecule has 2 atom stereocenters. The van der Waals surface area contributed by atoms with Crippen molar-refractivity contribution in [2.75, 3.05) is 20.7 Å². The average molecular weight is 512 g/mol. The van der Waals surface area contributed by atoms with E-state index in [9.17, 15) is 19.2 Å². The Morgan fingerprint density at radius 3 is 2.22 bits per heavy atom. The molecule has 0 bridgehead atoms. The zero-order valence-electron chi connectivity index (χ0n) is 22.6. The number of benzene rings is 2. The van der Waals surface area contributed by atoms with Crippen molar-refractivity contribution in [3.8, 4) is 0 Å². The van der Waals surface area contributed by atoms with Gasteiger partial charge in [-0.05, 0) is 56.9 Å². The van der Waals surface area contributed by atoms with Crippen molar-refractivity contribution in [3.63, 3.8) is 0 Å². The number of nitrogens with zero attached hydrogens (tertiary/aromatic N) is 1. The molecule has 9 nitrogen and oxygen atoms in total. The first kappa shape index (κ1) is 29.4. The van der Waals surface area contributed by atoms with E-state index in [1.54, 1.807) is 32.9 Å². The average Bonchev–Trinajstić information content (AvgIpc) is 2.83. The Morgan fingerprint density at radius 1 is 0.973 bits per heavy atom. The summed E-state index contributed by atoms with van der Waals surface area (Å²) in [6.45, 7) is 8.62. The van der Waals surface area contributed by atoms with Gasteiger partial charge in [-0.3, -0.25) is 14.4 Å². The largest absolute Gasteiger partial charge is 0.468 e. The third-order valence-corrected chi connectivity index (χ3v) is 5.83. The van der Waals surface area contributed by atoms with Gasteiger partial charge >= 0.3 is 12.1 Å². The van der Waals surface area contributed by atoms with E-state index in [4.69, 9.17) is 4.74 Å². The van der Waals surface area contributed by atoms with Crippen molar-refractivity contribution in [2.24, 2.45) is 0 Å². The molecule has 0 aromatic heterocycles. The number of nitrogens with one attached hydrogen (secondary N) is 2. The molecule has 3 amide bonds. The predicted molar refractivity (Wildman–Crippen MR) is 140 cm³/mol. The van der Waals surface area contributed by atoms with Crippen molar-refractivity contribution >= 4 is 23.9 Å². The Balaban J connectivity index is 2.44. The lowest BCUT2D eigenvalue weighted by Gasteiger charge is -2.32.